The standard InChI is InChI=1S/C23H31N5O5/c1-2-3-14-31-22(29)24-13-7-10-20-25-26-21(33-20)19-12-11-18-15-27(19)23(30)28(18)32-16-17-8-5-4-6-9-17/h4-6,8-9,18-19H,2-3,7,10-16H2,1H3,(H,24,29). The average molecular weight is 458 g/mol. The number of alkyl carbamates (subject to hydrolysis) is 1. The van der Waals surface area contributed by atoms with Crippen LogP contribution in [0.1, 0.15) is 62.4 Å². The van der Waals surface area contributed by atoms with Crippen molar-refractivity contribution in [3.63, 3.8) is 0 Å². The Bertz CT molecular complexity index is 921. The molecule has 10 nitrogen and oxygen atoms in total. The third-order valence-corrected chi connectivity index (χ3v) is 5.87. The summed E-state index contributed by atoms with van der Waals surface area (Å²) in [6.45, 7) is 3.88. The second-order valence-corrected chi connectivity index (χ2v) is 8.32. The van der Waals surface area contributed by atoms with E-state index in [4.69, 9.17) is 14.0 Å². The molecule has 3 heterocycles. The van der Waals surface area contributed by atoms with Crippen molar-refractivity contribution in [1.82, 2.24) is 25.5 Å². The van der Waals surface area contributed by atoms with Crippen molar-refractivity contribution in [2.24, 2.45) is 0 Å². The summed E-state index contributed by atoms with van der Waals surface area (Å²) in [5, 5.41) is 12.5. The number of fused-ring (bicyclic) bond motifs is 2. The molecule has 2 saturated heterocycles. The van der Waals surface area contributed by atoms with Crippen molar-refractivity contribution in [1.29, 1.82) is 0 Å². The van der Waals surface area contributed by atoms with Gasteiger partial charge in [0.05, 0.1) is 12.6 Å². The zero-order valence-electron chi connectivity index (χ0n) is 18.9. The minimum Gasteiger partial charge on any atom is -0.450 e. The van der Waals surface area contributed by atoms with Gasteiger partial charge in [0, 0.05) is 19.5 Å². The Kier molecular flexibility index (Phi) is 7.77. The molecule has 2 aliphatic heterocycles. The van der Waals surface area contributed by atoms with Crippen LogP contribution in [0.15, 0.2) is 34.7 Å². The number of rotatable bonds is 11. The third-order valence-electron chi connectivity index (χ3n) is 5.87. The SMILES string of the molecule is CCCCOC(=O)NCCCc1nnc(C2CCC3CN2C(=O)N3OCc2ccccc2)o1. The summed E-state index contributed by atoms with van der Waals surface area (Å²) < 4.78 is 10.9. The van der Waals surface area contributed by atoms with Crippen LogP contribution < -0.4 is 5.32 Å². The van der Waals surface area contributed by atoms with Gasteiger partial charge >= 0.3 is 12.1 Å². The van der Waals surface area contributed by atoms with E-state index in [1.807, 2.05) is 37.3 Å². The lowest BCUT2D eigenvalue weighted by Crippen LogP contribution is -2.34. The Morgan fingerprint density at radius 1 is 1.21 bits per heavy atom. The van der Waals surface area contributed by atoms with Crippen molar-refractivity contribution in [2.45, 2.75) is 64.1 Å². The number of piperidine rings is 1. The van der Waals surface area contributed by atoms with E-state index < -0.39 is 6.09 Å². The van der Waals surface area contributed by atoms with Crippen LogP contribution in [0, 0.1) is 0 Å². The summed E-state index contributed by atoms with van der Waals surface area (Å²) in [7, 11) is 0. The number of hydrogen-bond acceptors (Lipinski definition) is 7. The molecule has 1 aromatic heterocycles. The molecule has 2 bridgehead atoms. The number of hydroxylamine groups is 2. The first kappa shape index (κ1) is 23.0. The van der Waals surface area contributed by atoms with Crippen LogP contribution in [-0.2, 0) is 22.6 Å². The Labute approximate surface area is 193 Å². The Balaban J connectivity index is 1.24. The van der Waals surface area contributed by atoms with Crippen molar-refractivity contribution < 1.29 is 23.6 Å². The van der Waals surface area contributed by atoms with E-state index in [0.717, 1.165) is 31.2 Å². The summed E-state index contributed by atoms with van der Waals surface area (Å²) in [6.07, 6.45) is 4.18. The number of hydrogen-bond donors (Lipinski definition) is 1. The Hall–Kier alpha value is -3.14. The predicted octanol–water partition coefficient (Wildman–Crippen LogP) is 3.60. The molecule has 10 heteroatoms. The van der Waals surface area contributed by atoms with Gasteiger partial charge in [-0.3, -0.25) is 4.84 Å². The molecule has 0 saturated carbocycles. The highest BCUT2D eigenvalue weighted by molar-refractivity contribution is 5.77. The van der Waals surface area contributed by atoms with E-state index >= 15 is 0 Å². The van der Waals surface area contributed by atoms with Crippen molar-refractivity contribution in [2.75, 3.05) is 19.7 Å². The molecule has 2 atom stereocenters. The van der Waals surface area contributed by atoms with Crippen LogP contribution >= 0.6 is 0 Å². The van der Waals surface area contributed by atoms with Gasteiger partial charge in [0.25, 0.3) is 0 Å². The van der Waals surface area contributed by atoms with Gasteiger partial charge in [-0.2, -0.15) is 5.06 Å². The molecule has 2 aromatic rings. The molecule has 4 rings (SSSR count). The summed E-state index contributed by atoms with van der Waals surface area (Å²) in [6, 6.07) is 9.42. The van der Waals surface area contributed by atoms with E-state index in [0.29, 0.717) is 50.9 Å². The molecule has 2 fully saturated rings. The zero-order valence-corrected chi connectivity index (χ0v) is 18.9. The Morgan fingerprint density at radius 2 is 2.06 bits per heavy atom. The second-order valence-electron chi connectivity index (χ2n) is 8.32. The first-order chi connectivity index (χ1) is 16.2. The maximum Gasteiger partial charge on any atom is 0.407 e. The number of unbranched alkanes of at least 4 members (excludes halogenated alkanes) is 1. The second kappa shape index (κ2) is 11.1. The van der Waals surface area contributed by atoms with Gasteiger partial charge in [0.2, 0.25) is 11.8 Å². The van der Waals surface area contributed by atoms with E-state index in [2.05, 4.69) is 15.5 Å². The van der Waals surface area contributed by atoms with Gasteiger partial charge in [-0.05, 0) is 31.2 Å². The summed E-state index contributed by atoms with van der Waals surface area (Å²) in [5.41, 5.74) is 1.02. The smallest absolute Gasteiger partial charge is 0.407 e. The number of aromatic nitrogens is 2. The van der Waals surface area contributed by atoms with Gasteiger partial charge in [0.15, 0.2) is 0 Å². The molecule has 3 amide bonds. The molecule has 2 aliphatic rings. The minimum absolute atomic E-state index is 0.0306. The normalized spacial score (nSPS) is 19.7. The van der Waals surface area contributed by atoms with Crippen LogP contribution in [-0.4, -0.2) is 58.0 Å². The number of carbonyl (C=O) groups is 2. The highest BCUT2D eigenvalue weighted by atomic mass is 16.7. The molecule has 0 aliphatic carbocycles. The summed E-state index contributed by atoms with van der Waals surface area (Å²) >= 11 is 0. The third kappa shape index (κ3) is 5.81. The van der Waals surface area contributed by atoms with Crippen LogP contribution in [0.3, 0.4) is 0 Å². The number of aryl methyl sites for hydroxylation is 1. The van der Waals surface area contributed by atoms with E-state index in [9.17, 15) is 9.59 Å². The predicted molar refractivity (Wildman–Crippen MR) is 118 cm³/mol. The van der Waals surface area contributed by atoms with Gasteiger partial charge in [-0.15, -0.1) is 10.2 Å². The highest BCUT2D eigenvalue weighted by Gasteiger charge is 2.47. The van der Waals surface area contributed by atoms with Gasteiger partial charge in [0.1, 0.15) is 12.6 Å². The van der Waals surface area contributed by atoms with Gasteiger partial charge in [-0.1, -0.05) is 43.7 Å². The number of nitrogens with one attached hydrogen (secondary N) is 1. The summed E-state index contributed by atoms with van der Waals surface area (Å²) in [5.74, 6) is 0.950. The van der Waals surface area contributed by atoms with Crippen LogP contribution in [0.5, 0.6) is 0 Å². The van der Waals surface area contributed by atoms with Gasteiger partial charge < -0.3 is 19.4 Å². The monoisotopic (exact) mass is 457 g/mol. The van der Waals surface area contributed by atoms with Crippen LogP contribution in [0.2, 0.25) is 0 Å². The van der Waals surface area contributed by atoms with E-state index in [1.165, 1.54) is 5.06 Å². The number of benzene rings is 1. The Morgan fingerprint density at radius 3 is 2.88 bits per heavy atom. The molecule has 2 unspecified atom stereocenters. The lowest BCUT2D eigenvalue weighted by Gasteiger charge is -2.27. The highest BCUT2D eigenvalue weighted by Crippen LogP contribution is 2.38. The number of carbonyl (C=O) groups excluding carboxylic acids is 2. The maximum atomic E-state index is 13.0. The van der Waals surface area contributed by atoms with Crippen LogP contribution in [0.4, 0.5) is 9.59 Å². The van der Waals surface area contributed by atoms with E-state index in [-0.39, 0.29) is 18.1 Å². The lowest BCUT2D eigenvalue weighted by atomic mass is 10.0. The maximum absolute atomic E-state index is 13.0. The zero-order chi connectivity index (χ0) is 23.0. The molecular formula is C23H31N5O5. The molecule has 178 valence electrons. The molecule has 1 N–H and O–H groups in total. The largest absolute Gasteiger partial charge is 0.450 e. The lowest BCUT2D eigenvalue weighted by molar-refractivity contribution is -0.140. The fourth-order valence-electron chi connectivity index (χ4n) is 4.07. The van der Waals surface area contributed by atoms with Crippen molar-refractivity contribution in [3.05, 3.63) is 47.7 Å². The van der Waals surface area contributed by atoms with Crippen LogP contribution in [0.25, 0.3) is 0 Å². The molecule has 0 spiro atoms. The van der Waals surface area contributed by atoms with Crippen molar-refractivity contribution >= 4 is 12.1 Å². The summed E-state index contributed by atoms with van der Waals surface area (Å²) in [4.78, 5) is 32.1. The quantitative estimate of drug-likeness (QED) is 0.513. The van der Waals surface area contributed by atoms with Crippen molar-refractivity contribution in [3.8, 4) is 0 Å². The number of ether oxygens (including phenoxy) is 1. The first-order valence-corrected chi connectivity index (χ1v) is 11.6. The molecule has 33 heavy (non-hydrogen) atoms. The minimum atomic E-state index is -0.405. The average Bonchev–Trinajstić information content (AvgIpc) is 3.40. The molecule has 1 aromatic carbocycles. The van der Waals surface area contributed by atoms with E-state index in [1.54, 1.807) is 4.90 Å². The number of nitrogens with zero attached hydrogens (tertiary/aromatic N) is 4. The fraction of sp³-hybridized carbons (Fsp3) is 0.565. The van der Waals surface area contributed by atoms with Gasteiger partial charge in [-0.25, -0.2) is 9.59 Å². The first-order valence-electron chi connectivity index (χ1n) is 11.6. The molecular weight excluding hydrogens is 426 g/mol. The number of amides is 3. The topological polar surface area (TPSA) is 110 Å². The number of urea groups is 1. The molecule has 0 radical (unpaired) electrons. The fourth-order valence-corrected chi connectivity index (χ4v) is 4.07.